The first-order valence-corrected chi connectivity index (χ1v) is 9.60. The first-order valence-electron chi connectivity index (χ1n) is 8.81. The van der Waals surface area contributed by atoms with Crippen molar-refractivity contribution in [2.45, 2.75) is 31.5 Å². The van der Waals surface area contributed by atoms with Crippen molar-refractivity contribution in [3.8, 4) is 0 Å². The number of anilines is 1. The molecule has 2 aliphatic rings. The lowest BCUT2D eigenvalue weighted by molar-refractivity contribution is -0.140. The predicted molar refractivity (Wildman–Crippen MR) is 103 cm³/mol. The molecular formula is C19H19BrN4O3. The Morgan fingerprint density at radius 2 is 2.04 bits per heavy atom. The van der Waals surface area contributed by atoms with Crippen LogP contribution in [0.15, 0.2) is 53.1 Å². The maximum Gasteiger partial charge on any atom is 0.345 e. The second-order valence-corrected chi connectivity index (χ2v) is 7.53. The summed E-state index contributed by atoms with van der Waals surface area (Å²) >= 11 is 3.31. The Morgan fingerprint density at radius 1 is 1.22 bits per heavy atom. The first kappa shape index (κ1) is 17.9. The topological polar surface area (TPSA) is 74.8 Å². The molecule has 1 unspecified atom stereocenters. The van der Waals surface area contributed by atoms with Crippen LogP contribution >= 0.6 is 15.9 Å². The maximum atomic E-state index is 12.7. The van der Waals surface area contributed by atoms with Gasteiger partial charge in [0.25, 0.3) is 0 Å². The van der Waals surface area contributed by atoms with Gasteiger partial charge in [0.1, 0.15) is 18.5 Å². The molecule has 2 aromatic rings. The summed E-state index contributed by atoms with van der Waals surface area (Å²) in [6.45, 7) is 0.829. The summed E-state index contributed by atoms with van der Waals surface area (Å²) in [6.07, 6.45) is 2.94. The number of nitrogens with one attached hydrogen (secondary N) is 1. The molecule has 1 aromatic carbocycles. The third-order valence-corrected chi connectivity index (χ3v) is 5.29. The average Bonchev–Trinajstić information content (AvgIpc) is 2.93. The van der Waals surface area contributed by atoms with Crippen molar-refractivity contribution in [3.63, 3.8) is 0 Å². The Hall–Kier alpha value is -2.45. The summed E-state index contributed by atoms with van der Waals surface area (Å²) < 4.78 is 0.835. The zero-order valence-electron chi connectivity index (χ0n) is 14.5. The zero-order chi connectivity index (χ0) is 18.8. The Balaban J connectivity index is 1.39. The Labute approximate surface area is 165 Å². The van der Waals surface area contributed by atoms with Gasteiger partial charge in [-0.25, -0.2) is 9.78 Å². The van der Waals surface area contributed by atoms with Crippen LogP contribution in [0.25, 0.3) is 0 Å². The SMILES string of the molecule is O=C(Nc1ccc(Br)cn1)[C@@H]1CCC2CN1C(=O)N2OCc1ccccc1. The molecule has 140 valence electrons. The number of fused-ring (bicyclic) bond motifs is 2. The van der Waals surface area contributed by atoms with Gasteiger partial charge in [-0.2, -0.15) is 5.06 Å². The van der Waals surface area contributed by atoms with Crippen molar-refractivity contribution in [2.75, 3.05) is 11.9 Å². The van der Waals surface area contributed by atoms with Crippen molar-refractivity contribution in [3.05, 3.63) is 58.7 Å². The van der Waals surface area contributed by atoms with Crippen molar-refractivity contribution < 1.29 is 14.4 Å². The highest BCUT2D eigenvalue weighted by Gasteiger charge is 2.47. The standard InChI is InChI=1S/C19H19BrN4O3/c20-14-6-9-17(21-10-14)22-18(25)16-8-7-15-11-23(16)19(26)24(15)27-12-13-4-2-1-3-5-13/h1-6,9-10,15-16H,7-8,11-12H2,(H,21,22,25)/t15?,16-/m0/s1. The summed E-state index contributed by atoms with van der Waals surface area (Å²) in [6, 6.07) is 12.5. The monoisotopic (exact) mass is 430 g/mol. The number of hydrogen-bond acceptors (Lipinski definition) is 4. The van der Waals surface area contributed by atoms with Gasteiger partial charge in [0, 0.05) is 17.2 Å². The number of pyridine rings is 1. The highest BCUT2D eigenvalue weighted by Crippen LogP contribution is 2.31. The van der Waals surface area contributed by atoms with Gasteiger partial charge < -0.3 is 10.2 Å². The second kappa shape index (κ2) is 7.66. The number of hydroxylamine groups is 2. The van der Waals surface area contributed by atoms with Crippen LogP contribution in [-0.4, -0.2) is 45.5 Å². The molecule has 7 nitrogen and oxygen atoms in total. The lowest BCUT2D eigenvalue weighted by Gasteiger charge is -2.29. The summed E-state index contributed by atoms with van der Waals surface area (Å²) in [4.78, 5) is 36.9. The Kier molecular flexibility index (Phi) is 5.09. The van der Waals surface area contributed by atoms with Crippen LogP contribution in [0.3, 0.4) is 0 Å². The molecule has 0 radical (unpaired) electrons. The van der Waals surface area contributed by atoms with E-state index in [2.05, 4.69) is 26.2 Å². The number of amides is 3. The molecule has 2 atom stereocenters. The van der Waals surface area contributed by atoms with Crippen LogP contribution < -0.4 is 5.32 Å². The molecule has 3 amide bonds. The molecule has 2 bridgehead atoms. The van der Waals surface area contributed by atoms with Crippen LogP contribution in [0.1, 0.15) is 18.4 Å². The fraction of sp³-hybridized carbons (Fsp3) is 0.316. The minimum absolute atomic E-state index is 0.0175. The van der Waals surface area contributed by atoms with Crippen molar-refractivity contribution in [2.24, 2.45) is 0 Å². The van der Waals surface area contributed by atoms with E-state index in [-0.39, 0.29) is 18.0 Å². The van der Waals surface area contributed by atoms with E-state index < -0.39 is 6.04 Å². The fourth-order valence-electron chi connectivity index (χ4n) is 3.45. The first-order chi connectivity index (χ1) is 13.1. The van der Waals surface area contributed by atoms with Crippen molar-refractivity contribution in [1.29, 1.82) is 0 Å². The normalized spacial score (nSPS) is 21.4. The molecule has 3 heterocycles. The summed E-state index contributed by atoms with van der Waals surface area (Å²) in [5, 5.41) is 4.22. The van der Waals surface area contributed by atoms with E-state index in [0.29, 0.717) is 25.4 Å². The molecule has 0 aliphatic carbocycles. The van der Waals surface area contributed by atoms with Gasteiger partial charge in [-0.1, -0.05) is 30.3 Å². The van der Waals surface area contributed by atoms with Crippen LogP contribution in [-0.2, 0) is 16.2 Å². The largest absolute Gasteiger partial charge is 0.345 e. The molecule has 1 aromatic heterocycles. The number of carbonyl (C=O) groups is 2. The smallest absolute Gasteiger partial charge is 0.309 e. The van der Waals surface area contributed by atoms with Gasteiger partial charge in [-0.15, -0.1) is 0 Å². The number of piperidine rings is 1. The van der Waals surface area contributed by atoms with Crippen LogP contribution in [0.4, 0.5) is 10.6 Å². The van der Waals surface area contributed by atoms with Gasteiger partial charge in [-0.3, -0.25) is 9.63 Å². The van der Waals surface area contributed by atoms with Gasteiger partial charge >= 0.3 is 6.03 Å². The quantitative estimate of drug-likeness (QED) is 0.789. The van der Waals surface area contributed by atoms with Gasteiger partial charge in [-0.05, 0) is 46.5 Å². The van der Waals surface area contributed by atoms with Crippen LogP contribution in [0.5, 0.6) is 0 Å². The van der Waals surface area contributed by atoms with Crippen molar-refractivity contribution in [1.82, 2.24) is 14.9 Å². The lowest BCUT2D eigenvalue weighted by atomic mass is 10.0. The predicted octanol–water partition coefficient (Wildman–Crippen LogP) is 3.18. The number of rotatable bonds is 5. The Morgan fingerprint density at radius 3 is 2.78 bits per heavy atom. The number of benzene rings is 1. The highest BCUT2D eigenvalue weighted by molar-refractivity contribution is 9.10. The van der Waals surface area contributed by atoms with Crippen LogP contribution in [0.2, 0.25) is 0 Å². The molecule has 2 fully saturated rings. The van der Waals surface area contributed by atoms with Gasteiger partial charge in [0.05, 0.1) is 6.04 Å². The molecule has 0 saturated carbocycles. The summed E-state index contributed by atoms with van der Waals surface area (Å²) in [7, 11) is 0. The van der Waals surface area contributed by atoms with Gasteiger partial charge in [0.15, 0.2) is 0 Å². The average molecular weight is 431 g/mol. The molecular weight excluding hydrogens is 412 g/mol. The molecule has 0 spiro atoms. The third-order valence-electron chi connectivity index (χ3n) is 4.82. The number of halogens is 1. The lowest BCUT2D eigenvalue weighted by Crippen LogP contribution is -2.47. The van der Waals surface area contributed by atoms with Crippen molar-refractivity contribution >= 4 is 33.7 Å². The minimum Gasteiger partial charge on any atom is -0.309 e. The summed E-state index contributed by atoms with van der Waals surface area (Å²) in [5.41, 5.74) is 0.998. The fourth-order valence-corrected chi connectivity index (χ4v) is 3.68. The number of aromatic nitrogens is 1. The molecule has 1 N–H and O–H groups in total. The maximum absolute atomic E-state index is 12.7. The van der Waals surface area contributed by atoms with E-state index in [1.54, 1.807) is 23.2 Å². The highest BCUT2D eigenvalue weighted by atomic mass is 79.9. The van der Waals surface area contributed by atoms with E-state index in [1.165, 1.54) is 5.06 Å². The number of nitrogens with zero attached hydrogens (tertiary/aromatic N) is 3. The molecule has 4 rings (SSSR count). The summed E-state index contributed by atoms with van der Waals surface area (Å²) in [5.74, 6) is 0.246. The molecule has 8 heteroatoms. The molecule has 2 aliphatic heterocycles. The van der Waals surface area contributed by atoms with Gasteiger partial charge in [0.2, 0.25) is 5.91 Å². The van der Waals surface area contributed by atoms with E-state index >= 15 is 0 Å². The van der Waals surface area contributed by atoms with E-state index in [4.69, 9.17) is 4.84 Å². The third kappa shape index (κ3) is 3.81. The zero-order valence-corrected chi connectivity index (χ0v) is 16.1. The van der Waals surface area contributed by atoms with E-state index in [1.807, 2.05) is 30.3 Å². The number of carbonyl (C=O) groups excluding carboxylic acids is 2. The molecule has 2 saturated heterocycles. The second-order valence-electron chi connectivity index (χ2n) is 6.62. The number of hydrogen-bond donors (Lipinski definition) is 1. The van der Waals surface area contributed by atoms with E-state index in [0.717, 1.165) is 16.5 Å². The Bertz CT molecular complexity index is 831. The minimum atomic E-state index is -0.510. The molecule has 27 heavy (non-hydrogen) atoms. The van der Waals surface area contributed by atoms with E-state index in [9.17, 15) is 9.59 Å². The number of urea groups is 1. The van der Waals surface area contributed by atoms with Crippen LogP contribution in [0, 0.1) is 0 Å².